The Labute approximate surface area is 154 Å². The number of nitrogens with zero attached hydrogens (tertiary/aromatic N) is 1. The SMILES string of the molecule is CSNC1CCc2ccc(C)c(=O)n2C1COC1CCC(CO)CC1. The molecule has 0 radical (unpaired) electrons. The molecule has 1 aliphatic carbocycles. The number of nitrogens with one attached hydrogen (secondary N) is 1. The number of aryl methyl sites for hydroxylation is 2. The number of ether oxygens (including phenoxy) is 1. The smallest absolute Gasteiger partial charge is 0.254 e. The first-order valence-corrected chi connectivity index (χ1v) is 10.6. The van der Waals surface area contributed by atoms with Crippen LogP contribution in [0, 0.1) is 12.8 Å². The van der Waals surface area contributed by atoms with Gasteiger partial charge in [-0.1, -0.05) is 18.0 Å². The highest BCUT2D eigenvalue weighted by molar-refractivity contribution is 7.96. The minimum atomic E-state index is 0.0409. The van der Waals surface area contributed by atoms with E-state index in [9.17, 15) is 9.90 Å². The van der Waals surface area contributed by atoms with Crippen molar-refractivity contribution >= 4 is 11.9 Å². The Morgan fingerprint density at radius 3 is 2.72 bits per heavy atom. The molecule has 2 aliphatic rings. The van der Waals surface area contributed by atoms with E-state index in [1.165, 1.54) is 0 Å². The van der Waals surface area contributed by atoms with Gasteiger partial charge in [-0.15, -0.1) is 0 Å². The fraction of sp³-hybridized carbons (Fsp3) is 0.737. The van der Waals surface area contributed by atoms with Crippen molar-refractivity contribution in [3.63, 3.8) is 0 Å². The average molecular weight is 367 g/mol. The van der Waals surface area contributed by atoms with Crippen LogP contribution < -0.4 is 10.3 Å². The van der Waals surface area contributed by atoms with Gasteiger partial charge in [-0.3, -0.25) is 9.52 Å². The summed E-state index contributed by atoms with van der Waals surface area (Å²) in [5, 5.41) is 9.28. The molecule has 2 unspecified atom stereocenters. The minimum Gasteiger partial charge on any atom is -0.396 e. The van der Waals surface area contributed by atoms with Crippen LogP contribution in [0.15, 0.2) is 16.9 Å². The Kier molecular flexibility index (Phi) is 6.61. The van der Waals surface area contributed by atoms with Gasteiger partial charge >= 0.3 is 0 Å². The molecule has 0 saturated heterocycles. The van der Waals surface area contributed by atoms with Crippen LogP contribution in [-0.4, -0.2) is 41.3 Å². The van der Waals surface area contributed by atoms with Crippen LogP contribution >= 0.6 is 11.9 Å². The summed E-state index contributed by atoms with van der Waals surface area (Å²) in [7, 11) is 0. The average Bonchev–Trinajstić information content (AvgIpc) is 2.64. The molecule has 1 saturated carbocycles. The molecule has 25 heavy (non-hydrogen) atoms. The molecular weight excluding hydrogens is 336 g/mol. The number of aliphatic hydroxyl groups excluding tert-OH is 1. The lowest BCUT2D eigenvalue weighted by atomic mass is 9.88. The summed E-state index contributed by atoms with van der Waals surface area (Å²) >= 11 is 1.61. The molecule has 6 heteroatoms. The van der Waals surface area contributed by atoms with Crippen molar-refractivity contribution in [3.05, 3.63) is 33.7 Å². The van der Waals surface area contributed by atoms with Gasteiger partial charge < -0.3 is 14.4 Å². The van der Waals surface area contributed by atoms with Crippen molar-refractivity contribution in [3.8, 4) is 0 Å². The minimum absolute atomic E-state index is 0.0409. The van der Waals surface area contributed by atoms with Gasteiger partial charge in [0.15, 0.2) is 0 Å². The van der Waals surface area contributed by atoms with Crippen molar-refractivity contribution < 1.29 is 9.84 Å². The van der Waals surface area contributed by atoms with Gasteiger partial charge in [-0.25, -0.2) is 0 Å². The Bertz CT molecular complexity index is 626. The summed E-state index contributed by atoms with van der Waals surface area (Å²) in [4.78, 5) is 12.8. The second kappa shape index (κ2) is 8.71. The van der Waals surface area contributed by atoms with Crippen molar-refractivity contribution in [1.29, 1.82) is 0 Å². The molecule has 3 rings (SSSR count). The van der Waals surface area contributed by atoms with Crippen LogP contribution in [-0.2, 0) is 11.2 Å². The van der Waals surface area contributed by atoms with E-state index < -0.39 is 0 Å². The molecule has 1 fully saturated rings. The van der Waals surface area contributed by atoms with Crippen LogP contribution in [0.2, 0.25) is 0 Å². The van der Waals surface area contributed by atoms with E-state index >= 15 is 0 Å². The summed E-state index contributed by atoms with van der Waals surface area (Å²) < 4.78 is 11.7. The summed E-state index contributed by atoms with van der Waals surface area (Å²) in [5.41, 5.74) is 2.03. The fourth-order valence-corrected chi connectivity index (χ4v) is 4.71. The lowest BCUT2D eigenvalue weighted by molar-refractivity contribution is -0.0111. The molecule has 0 aromatic carbocycles. The number of rotatable bonds is 6. The van der Waals surface area contributed by atoms with Gasteiger partial charge in [0.1, 0.15) is 0 Å². The van der Waals surface area contributed by atoms with E-state index in [-0.39, 0.29) is 30.4 Å². The van der Waals surface area contributed by atoms with E-state index in [1.54, 1.807) is 11.9 Å². The Morgan fingerprint density at radius 1 is 1.28 bits per heavy atom. The number of aliphatic hydroxyl groups is 1. The van der Waals surface area contributed by atoms with Crippen molar-refractivity contribution in [1.82, 2.24) is 9.29 Å². The van der Waals surface area contributed by atoms with E-state index in [0.29, 0.717) is 12.5 Å². The quantitative estimate of drug-likeness (QED) is 0.757. The number of fused-ring (bicyclic) bond motifs is 1. The first-order chi connectivity index (χ1) is 12.1. The van der Waals surface area contributed by atoms with Crippen LogP contribution in [0.1, 0.15) is 49.4 Å². The standard InChI is InChI=1S/C19H30N2O3S/c1-13-3-6-15-7-10-17(20-25-2)18(21(15)19(13)23)12-24-16-8-4-14(11-22)5-9-16/h3,6,14,16-18,20,22H,4-5,7-12H2,1-2H3. The van der Waals surface area contributed by atoms with Gasteiger partial charge in [-0.05, 0) is 63.7 Å². The Hall–Kier alpha value is -0.820. The summed E-state index contributed by atoms with van der Waals surface area (Å²) in [6.07, 6.45) is 8.32. The second-order valence-electron chi connectivity index (χ2n) is 7.38. The molecule has 0 spiro atoms. The van der Waals surface area contributed by atoms with Gasteiger partial charge in [-0.2, -0.15) is 0 Å². The molecule has 1 aromatic rings. The Balaban J connectivity index is 1.73. The van der Waals surface area contributed by atoms with E-state index in [0.717, 1.165) is 49.8 Å². The van der Waals surface area contributed by atoms with Gasteiger partial charge in [0, 0.05) is 23.9 Å². The number of hydrogen-bond donors (Lipinski definition) is 2. The molecule has 2 heterocycles. The number of hydrogen-bond acceptors (Lipinski definition) is 5. The van der Waals surface area contributed by atoms with Crippen molar-refractivity contribution in [2.24, 2.45) is 5.92 Å². The number of aromatic nitrogens is 1. The topological polar surface area (TPSA) is 63.5 Å². The molecule has 2 atom stereocenters. The van der Waals surface area contributed by atoms with Gasteiger partial charge in [0.05, 0.1) is 18.8 Å². The zero-order valence-electron chi connectivity index (χ0n) is 15.2. The van der Waals surface area contributed by atoms with E-state index in [2.05, 4.69) is 10.8 Å². The molecule has 0 amide bonds. The largest absolute Gasteiger partial charge is 0.396 e. The van der Waals surface area contributed by atoms with E-state index in [1.807, 2.05) is 23.8 Å². The maximum atomic E-state index is 12.8. The first-order valence-electron chi connectivity index (χ1n) is 9.36. The molecule has 1 aromatic heterocycles. The molecular formula is C19H30N2O3S. The third-order valence-electron chi connectivity index (χ3n) is 5.72. The predicted molar refractivity (Wildman–Crippen MR) is 102 cm³/mol. The first kappa shape index (κ1) is 19.0. The van der Waals surface area contributed by atoms with Crippen molar-refractivity contribution in [2.45, 2.75) is 63.6 Å². The van der Waals surface area contributed by atoms with Gasteiger partial charge in [0.25, 0.3) is 5.56 Å². The monoisotopic (exact) mass is 366 g/mol. The Morgan fingerprint density at radius 2 is 2.04 bits per heavy atom. The summed E-state index contributed by atoms with van der Waals surface area (Å²) in [6.45, 7) is 2.75. The van der Waals surface area contributed by atoms with Crippen molar-refractivity contribution in [2.75, 3.05) is 19.5 Å². The van der Waals surface area contributed by atoms with Gasteiger partial charge in [0.2, 0.25) is 0 Å². The van der Waals surface area contributed by atoms with Crippen LogP contribution in [0.3, 0.4) is 0 Å². The third kappa shape index (κ3) is 4.30. The summed E-state index contributed by atoms with van der Waals surface area (Å²) in [6, 6.07) is 4.31. The third-order valence-corrected chi connectivity index (χ3v) is 6.26. The molecule has 140 valence electrons. The predicted octanol–water partition coefficient (Wildman–Crippen LogP) is 2.45. The lowest BCUT2D eigenvalue weighted by Crippen LogP contribution is -2.46. The molecule has 1 aliphatic heterocycles. The van der Waals surface area contributed by atoms with Crippen LogP contribution in [0.25, 0.3) is 0 Å². The highest BCUT2D eigenvalue weighted by Crippen LogP contribution is 2.29. The zero-order valence-corrected chi connectivity index (χ0v) is 16.1. The maximum absolute atomic E-state index is 12.8. The molecule has 2 N–H and O–H groups in total. The van der Waals surface area contributed by atoms with E-state index in [4.69, 9.17) is 4.74 Å². The highest BCUT2D eigenvalue weighted by Gasteiger charge is 2.31. The zero-order chi connectivity index (χ0) is 17.8. The second-order valence-corrected chi connectivity index (χ2v) is 8.02. The van der Waals surface area contributed by atoms with Crippen LogP contribution in [0.4, 0.5) is 0 Å². The molecule has 0 bridgehead atoms. The lowest BCUT2D eigenvalue weighted by Gasteiger charge is -2.37. The fourth-order valence-electron chi connectivity index (χ4n) is 4.13. The molecule has 5 nitrogen and oxygen atoms in total. The maximum Gasteiger partial charge on any atom is 0.254 e. The summed E-state index contributed by atoms with van der Waals surface area (Å²) in [5.74, 6) is 0.437. The highest BCUT2D eigenvalue weighted by atomic mass is 32.2. The van der Waals surface area contributed by atoms with Crippen LogP contribution in [0.5, 0.6) is 0 Å². The normalized spacial score (nSPS) is 29.4. The number of pyridine rings is 1.